The summed E-state index contributed by atoms with van der Waals surface area (Å²) in [5.74, 6) is -4.10. The van der Waals surface area contributed by atoms with Crippen molar-refractivity contribution in [2.45, 2.75) is 24.8 Å². The van der Waals surface area contributed by atoms with E-state index in [2.05, 4.69) is 5.32 Å². The molecule has 1 unspecified atom stereocenters. The Hall–Kier alpha value is -2.04. The number of anilines is 1. The standard InChI is InChI=1S/C17H22F3N3O3S/c1-9(2)14(23(5)22(3)4)15(25)11(8-24)17(26)21-10-6-12(18)16(27-20)13(19)7-10/h6-9,14,25H,1-5H3,(H,21,26)/b15-11-. The summed E-state index contributed by atoms with van der Waals surface area (Å²) in [5, 5.41) is 15.9. The number of hydrogen-bond donors (Lipinski definition) is 2. The summed E-state index contributed by atoms with van der Waals surface area (Å²) in [4.78, 5) is 22.9. The Morgan fingerprint density at radius 3 is 2.11 bits per heavy atom. The molecule has 0 spiro atoms. The van der Waals surface area contributed by atoms with Gasteiger partial charge < -0.3 is 10.4 Å². The van der Waals surface area contributed by atoms with E-state index in [1.807, 2.05) is 0 Å². The van der Waals surface area contributed by atoms with Gasteiger partial charge >= 0.3 is 0 Å². The summed E-state index contributed by atoms with van der Waals surface area (Å²) in [7, 11) is 5.11. The van der Waals surface area contributed by atoms with Crippen molar-refractivity contribution in [2.24, 2.45) is 5.92 Å². The van der Waals surface area contributed by atoms with Gasteiger partial charge in [-0.05, 0) is 18.1 Å². The van der Waals surface area contributed by atoms with Crippen LogP contribution in [-0.4, -0.2) is 54.5 Å². The second-order valence-corrected chi connectivity index (χ2v) is 6.89. The maximum atomic E-state index is 13.6. The van der Waals surface area contributed by atoms with Crippen molar-refractivity contribution in [2.75, 3.05) is 26.5 Å². The topological polar surface area (TPSA) is 72.9 Å². The Bertz CT molecular complexity index is 718. The van der Waals surface area contributed by atoms with E-state index in [1.54, 1.807) is 45.0 Å². The summed E-state index contributed by atoms with van der Waals surface area (Å²) in [6.07, 6.45) is 0.169. The highest BCUT2D eigenvalue weighted by atomic mass is 32.2. The lowest BCUT2D eigenvalue weighted by Gasteiger charge is -2.35. The molecule has 0 bridgehead atoms. The molecule has 1 aromatic rings. The zero-order valence-corrected chi connectivity index (χ0v) is 16.4. The number of aldehydes is 1. The first-order valence-corrected chi connectivity index (χ1v) is 8.64. The van der Waals surface area contributed by atoms with Crippen LogP contribution >= 0.6 is 12.1 Å². The molecule has 0 aromatic heterocycles. The van der Waals surface area contributed by atoms with Gasteiger partial charge in [-0.25, -0.2) is 18.8 Å². The number of halogens is 3. The number of aliphatic hydroxyl groups is 1. The lowest BCUT2D eigenvalue weighted by Crippen LogP contribution is -2.46. The first-order valence-electron chi connectivity index (χ1n) is 7.92. The Kier molecular flexibility index (Phi) is 8.32. The van der Waals surface area contributed by atoms with Gasteiger partial charge in [0, 0.05) is 26.8 Å². The minimum atomic E-state index is -1.20. The SMILES string of the molecule is CC(C)C(/C(O)=C(\C=O)C(=O)Nc1cc(F)c(SF)c(F)c1)N(C)N(C)C. The molecule has 27 heavy (non-hydrogen) atoms. The van der Waals surface area contributed by atoms with Crippen LogP contribution in [0, 0.1) is 17.6 Å². The molecule has 0 saturated carbocycles. The quantitative estimate of drug-likeness (QED) is 0.173. The Balaban J connectivity index is 3.25. The number of nitrogens with zero attached hydrogens (tertiary/aromatic N) is 2. The van der Waals surface area contributed by atoms with E-state index in [-0.39, 0.29) is 17.9 Å². The van der Waals surface area contributed by atoms with E-state index >= 15 is 0 Å². The van der Waals surface area contributed by atoms with E-state index in [1.165, 1.54) is 0 Å². The fourth-order valence-electron chi connectivity index (χ4n) is 2.47. The van der Waals surface area contributed by atoms with Crippen LogP contribution in [-0.2, 0) is 9.59 Å². The molecule has 2 N–H and O–H groups in total. The molecule has 0 radical (unpaired) electrons. The van der Waals surface area contributed by atoms with Crippen molar-refractivity contribution in [3.05, 3.63) is 35.1 Å². The Morgan fingerprint density at radius 1 is 1.22 bits per heavy atom. The molecule has 0 fully saturated rings. The van der Waals surface area contributed by atoms with Crippen molar-refractivity contribution in [3.8, 4) is 0 Å². The molecule has 1 amide bonds. The van der Waals surface area contributed by atoms with Crippen LogP contribution in [0.15, 0.2) is 28.4 Å². The van der Waals surface area contributed by atoms with Gasteiger partial charge in [-0.1, -0.05) is 13.8 Å². The number of likely N-dealkylation sites (N-methyl/N-ethyl adjacent to an activating group) is 1. The maximum absolute atomic E-state index is 13.6. The fourth-order valence-corrected chi connectivity index (χ4v) is 2.73. The van der Waals surface area contributed by atoms with Crippen LogP contribution in [0.2, 0.25) is 0 Å². The predicted molar refractivity (Wildman–Crippen MR) is 97.7 cm³/mol. The zero-order valence-electron chi connectivity index (χ0n) is 15.6. The Morgan fingerprint density at radius 2 is 1.74 bits per heavy atom. The number of hydrazine groups is 1. The van der Waals surface area contributed by atoms with Crippen LogP contribution in [0.4, 0.5) is 18.4 Å². The molecule has 0 aliphatic rings. The second kappa shape index (κ2) is 9.77. The largest absolute Gasteiger partial charge is 0.510 e. The fraction of sp³-hybridized carbons (Fsp3) is 0.412. The van der Waals surface area contributed by atoms with Gasteiger partial charge in [-0.15, -0.1) is 0 Å². The molecular weight excluding hydrogens is 383 g/mol. The van der Waals surface area contributed by atoms with E-state index < -0.39 is 52.0 Å². The molecule has 0 aliphatic carbocycles. The average molecular weight is 405 g/mol. The van der Waals surface area contributed by atoms with Crippen LogP contribution in [0.25, 0.3) is 0 Å². The van der Waals surface area contributed by atoms with E-state index in [4.69, 9.17) is 0 Å². The van der Waals surface area contributed by atoms with E-state index in [9.17, 15) is 27.4 Å². The smallest absolute Gasteiger partial charge is 0.262 e. The number of aliphatic hydroxyl groups excluding tert-OH is 1. The van der Waals surface area contributed by atoms with Crippen LogP contribution < -0.4 is 5.32 Å². The first kappa shape index (κ1) is 23.0. The van der Waals surface area contributed by atoms with Gasteiger partial charge in [0.1, 0.15) is 27.9 Å². The Labute approximate surface area is 160 Å². The van der Waals surface area contributed by atoms with Gasteiger partial charge in [-0.3, -0.25) is 9.59 Å². The highest BCUT2D eigenvalue weighted by Crippen LogP contribution is 2.29. The van der Waals surface area contributed by atoms with Gasteiger partial charge in [-0.2, -0.15) is 3.89 Å². The molecule has 0 aliphatic heterocycles. The average Bonchev–Trinajstić information content (AvgIpc) is 2.54. The minimum absolute atomic E-state index is 0.169. The third kappa shape index (κ3) is 5.47. The van der Waals surface area contributed by atoms with Crippen LogP contribution in [0.5, 0.6) is 0 Å². The van der Waals surface area contributed by atoms with Gasteiger partial charge in [0.05, 0.1) is 18.2 Å². The van der Waals surface area contributed by atoms with Crippen molar-refractivity contribution < 1.29 is 27.4 Å². The summed E-state index contributed by atoms with van der Waals surface area (Å²) in [6.45, 7) is 3.58. The highest BCUT2D eigenvalue weighted by molar-refractivity contribution is 7.94. The number of rotatable bonds is 8. The molecule has 0 heterocycles. The molecule has 0 saturated heterocycles. The third-order valence-corrected chi connectivity index (χ3v) is 4.46. The maximum Gasteiger partial charge on any atom is 0.262 e. The molecule has 10 heteroatoms. The van der Waals surface area contributed by atoms with E-state index in [0.717, 1.165) is 0 Å². The van der Waals surface area contributed by atoms with Crippen molar-refractivity contribution >= 4 is 30.0 Å². The number of carbonyl (C=O) groups excluding carboxylic acids is 2. The summed E-state index contributed by atoms with van der Waals surface area (Å²) < 4.78 is 39.8. The molecule has 6 nitrogen and oxygen atoms in total. The molecular formula is C17H22F3N3O3S. The second-order valence-electron chi connectivity index (χ2n) is 6.33. The number of amides is 1. The van der Waals surface area contributed by atoms with Gasteiger partial charge in [0.2, 0.25) is 0 Å². The highest BCUT2D eigenvalue weighted by Gasteiger charge is 2.29. The molecule has 1 rings (SSSR count). The van der Waals surface area contributed by atoms with Crippen molar-refractivity contribution in [3.63, 3.8) is 0 Å². The molecule has 150 valence electrons. The summed E-state index contributed by atoms with van der Waals surface area (Å²) in [5.41, 5.74) is -0.894. The number of benzene rings is 1. The summed E-state index contributed by atoms with van der Waals surface area (Å²) >= 11 is -0.600. The monoisotopic (exact) mass is 405 g/mol. The molecule has 1 aromatic carbocycles. The van der Waals surface area contributed by atoms with Crippen molar-refractivity contribution in [1.82, 2.24) is 10.0 Å². The lowest BCUT2D eigenvalue weighted by atomic mass is 9.98. The summed E-state index contributed by atoms with van der Waals surface area (Å²) in [6, 6.07) is 0.743. The van der Waals surface area contributed by atoms with Crippen molar-refractivity contribution in [1.29, 1.82) is 0 Å². The van der Waals surface area contributed by atoms with Crippen LogP contribution in [0.1, 0.15) is 13.8 Å². The predicted octanol–water partition coefficient (Wildman–Crippen LogP) is 3.32. The van der Waals surface area contributed by atoms with Gasteiger partial charge in [0.15, 0.2) is 6.29 Å². The zero-order chi connectivity index (χ0) is 20.9. The van der Waals surface area contributed by atoms with E-state index in [0.29, 0.717) is 12.1 Å². The number of carbonyl (C=O) groups is 2. The lowest BCUT2D eigenvalue weighted by molar-refractivity contribution is -0.115. The van der Waals surface area contributed by atoms with Gasteiger partial charge in [0.25, 0.3) is 5.91 Å². The minimum Gasteiger partial charge on any atom is -0.510 e. The third-order valence-electron chi connectivity index (χ3n) is 3.92. The first-order chi connectivity index (χ1) is 12.5. The number of nitrogens with one attached hydrogen (secondary N) is 1. The van der Waals surface area contributed by atoms with Crippen LogP contribution in [0.3, 0.4) is 0 Å². The number of hydrogen-bond acceptors (Lipinski definition) is 6. The molecule has 1 atom stereocenters. The normalized spacial score (nSPS) is 13.7.